The van der Waals surface area contributed by atoms with Gasteiger partial charge in [-0.2, -0.15) is 0 Å². The Balaban J connectivity index is 1.27. The summed E-state index contributed by atoms with van der Waals surface area (Å²) in [5.41, 5.74) is 7.30. The fraction of sp³-hybridized carbons (Fsp3) is 0.353. The van der Waals surface area contributed by atoms with E-state index in [0.29, 0.717) is 23.5 Å². The molecule has 0 spiro atoms. The molecule has 29 heavy (non-hydrogen) atoms. The van der Waals surface area contributed by atoms with Crippen LogP contribution in [0.15, 0.2) is 36.9 Å². The van der Waals surface area contributed by atoms with Crippen molar-refractivity contribution >= 4 is 25.6 Å². The van der Waals surface area contributed by atoms with E-state index in [4.69, 9.17) is 24.0 Å². The molecular formula is C17H16F2N5O4P. The molecule has 12 heteroatoms. The van der Waals surface area contributed by atoms with Crippen LogP contribution in [0.1, 0.15) is 18.2 Å². The van der Waals surface area contributed by atoms with Gasteiger partial charge in [-0.05, 0) is 6.07 Å². The topological polar surface area (TPSA) is 107 Å². The number of nitrogens with zero attached hydrogens (tertiary/aromatic N) is 4. The molecule has 3 unspecified atom stereocenters. The minimum Gasteiger partial charge on any atom is -0.426 e. The van der Waals surface area contributed by atoms with E-state index in [1.165, 1.54) is 17.2 Å². The first-order chi connectivity index (χ1) is 14.0. The first kappa shape index (κ1) is 18.6. The Labute approximate surface area is 164 Å². The predicted molar refractivity (Wildman–Crippen MR) is 97.9 cm³/mol. The molecule has 1 fully saturated rings. The molecule has 9 nitrogen and oxygen atoms in total. The molecule has 2 aromatic heterocycles. The van der Waals surface area contributed by atoms with Gasteiger partial charge in [-0.1, -0.05) is 18.2 Å². The number of aromatic nitrogens is 4. The van der Waals surface area contributed by atoms with Crippen LogP contribution in [0.25, 0.3) is 11.2 Å². The number of halogens is 2. The average molecular weight is 423 g/mol. The van der Waals surface area contributed by atoms with Crippen LogP contribution >= 0.6 is 8.60 Å². The van der Waals surface area contributed by atoms with E-state index in [-0.39, 0.29) is 12.4 Å². The Morgan fingerprint density at radius 1 is 1.28 bits per heavy atom. The maximum absolute atomic E-state index is 14.6. The molecule has 1 aromatic carbocycles. The predicted octanol–water partition coefficient (Wildman–Crippen LogP) is 3.18. The van der Waals surface area contributed by atoms with Crippen LogP contribution in [0, 0.1) is 0 Å². The summed E-state index contributed by atoms with van der Waals surface area (Å²) in [5.74, 6) is -2.31. The Kier molecular flexibility index (Phi) is 4.54. The number of ether oxygens (including phenoxy) is 1. The average Bonchev–Trinajstić information content (AvgIpc) is 3.27. The van der Waals surface area contributed by atoms with Crippen LogP contribution in [-0.4, -0.2) is 38.2 Å². The monoisotopic (exact) mass is 423 g/mol. The van der Waals surface area contributed by atoms with Crippen molar-refractivity contribution in [3.05, 3.63) is 42.5 Å². The SMILES string of the molecule is Nc1ncnc2c1ncn2C1CC(F)(F)C(COP2OCc3ccccc3O2)O1. The lowest BCUT2D eigenvalue weighted by Gasteiger charge is -2.25. The molecule has 0 aliphatic carbocycles. The molecule has 4 heterocycles. The van der Waals surface area contributed by atoms with Crippen LogP contribution in [0.5, 0.6) is 5.75 Å². The third kappa shape index (κ3) is 3.40. The van der Waals surface area contributed by atoms with Crippen molar-refractivity contribution in [3.63, 3.8) is 0 Å². The van der Waals surface area contributed by atoms with Gasteiger partial charge in [0.2, 0.25) is 0 Å². The number of nitrogen functional groups attached to an aromatic ring is 1. The quantitative estimate of drug-likeness (QED) is 0.638. The zero-order valence-corrected chi connectivity index (χ0v) is 15.8. The molecular weight excluding hydrogens is 407 g/mol. The van der Waals surface area contributed by atoms with E-state index >= 15 is 0 Å². The van der Waals surface area contributed by atoms with Crippen LogP contribution in [-0.2, 0) is 20.4 Å². The van der Waals surface area contributed by atoms with Gasteiger partial charge in [-0.3, -0.25) is 13.6 Å². The summed E-state index contributed by atoms with van der Waals surface area (Å²) in [6.45, 7) is -0.0737. The number of alkyl halides is 2. The van der Waals surface area contributed by atoms with Gasteiger partial charge in [-0.15, -0.1) is 0 Å². The lowest BCUT2D eigenvalue weighted by molar-refractivity contribution is -0.0986. The van der Waals surface area contributed by atoms with E-state index in [9.17, 15) is 8.78 Å². The smallest absolute Gasteiger partial charge is 0.397 e. The molecule has 0 bridgehead atoms. The van der Waals surface area contributed by atoms with Crippen molar-refractivity contribution in [2.75, 3.05) is 12.3 Å². The van der Waals surface area contributed by atoms with Crippen LogP contribution in [0.3, 0.4) is 0 Å². The number of para-hydroxylation sites is 1. The minimum atomic E-state index is -3.11. The number of fused-ring (bicyclic) bond motifs is 2. The first-order valence-electron chi connectivity index (χ1n) is 8.79. The summed E-state index contributed by atoms with van der Waals surface area (Å²) >= 11 is 0. The zero-order chi connectivity index (χ0) is 20.0. The fourth-order valence-corrected chi connectivity index (χ4v) is 4.26. The maximum atomic E-state index is 14.6. The number of nitrogens with two attached hydrogens (primary N) is 1. The van der Waals surface area contributed by atoms with Crippen molar-refractivity contribution in [3.8, 4) is 5.75 Å². The van der Waals surface area contributed by atoms with Crippen LogP contribution in [0.2, 0.25) is 0 Å². The summed E-state index contributed by atoms with van der Waals surface area (Å²) in [6, 6.07) is 7.34. The highest BCUT2D eigenvalue weighted by molar-refractivity contribution is 7.42. The van der Waals surface area contributed by atoms with Crippen molar-refractivity contribution in [2.24, 2.45) is 0 Å². The number of rotatable bonds is 4. The molecule has 2 aliphatic rings. The number of hydrogen-bond donors (Lipinski definition) is 1. The molecule has 0 radical (unpaired) electrons. The molecule has 3 aromatic rings. The fourth-order valence-electron chi connectivity index (χ4n) is 3.24. The third-order valence-corrected chi connectivity index (χ3v) is 5.78. The molecule has 3 atom stereocenters. The van der Waals surface area contributed by atoms with E-state index in [1.54, 1.807) is 6.07 Å². The number of imidazole rings is 1. The van der Waals surface area contributed by atoms with Crippen LogP contribution in [0.4, 0.5) is 14.6 Å². The van der Waals surface area contributed by atoms with Gasteiger partial charge in [0.05, 0.1) is 26.0 Å². The Morgan fingerprint density at radius 3 is 3.03 bits per heavy atom. The van der Waals surface area contributed by atoms with Crippen molar-refractivity contribution in [1.82, 2.24) is 19.5 Å². The summed E-state index contributed by atoms with van der Waals surface area (Å²) in [6.07, 6.45) is -0.343. The van der Waals surface area contributed by atoms with E-state index in [1.807, 2.05) is 18.2 Å². The van der Waals surface area contributed by atoms with E-state index in [0.717, 1.165) is 5.56 Å². The van der Waals surface area contributed by atoms with Gasteiger partial charge < -0.3 is 15.0 Å². The third-order valence-electron chi connectivity index (χ3n) is 4.74. The number of benzene rings is 1. The Hall–Kier alpha value is -2.46. The highest BCUT2D eigenvalue weighted by Crippen LogP contribution is 2.49. The second kappa shape index (κ2) is 7.10. The molecule has 5 rings (SSSR count). The second-order valence-electron chi connectivity index (χ2n) is 6.62. The largest absolute Gasteiger partial charge is 0.426 e. The molecule has 2 N–H and O–H groups in total. The molecule has 1 saturated heterocycles. The Bertz CT molecular complexity index is 1050. The molecule has 0 amide bonds. The van der Waals surface area contributed by atoms with Gasteiger partial charge in [-0.25, -0.2) is 23.7 Å². The minimum absolute atomic E-state index is 0.174. The normalized spacial score (nSPS) is 25.7. The lowest BCUT2D eigenvalue weighted by atomic mass is 10.2. The zero-order valence-electron chi connectivity index (χ0n) is 14.9. The van der Waals surface area contributed by atoms with E-state index in [2.05, 4.69) is 15.0 Å². The van der Waals surface area contributed by atoms with E-state index < -0.39 is 33.3 Å². The summed E-state index contributed by atoms with van der Waals surface area (Å²) < 4.78 is 52.7. The highest BCUT2D eigenvalue weighted by atomic mass is 31.2. The second-order valence-corrected chi connectivity index (χ2v) is 7.77. The summed E-state index contributed by atoms with van der Waals surface area (Å²) in [4.78, 5) is 12.0. The molecule has 0 saturated carbocycles. The summed E-state index contributed by atoms with van der Waals surface area (Å²) in [5, 5.41) is 0. The van der Waals surface area contributed by atoms with Gasteiger partial charge in [0.1, 0.15) is 29.9 Å². The maximum Gasteiger partial charge on any atom is 0.397 e. The van der Waals surface area contributed by atoms with Gasteiger partial charge in [0.25, 0.3) is 5.92 Å². The van der Waals surface area contributed by atoms with Crippen LogP contribution < -0.4 is 10.3 Å². The Morgan fingerprint density at radius 2 is 2.14 bits per heavy atom. The lowest BCUT2D eigenvalue weighted by Crippen LogP contribution is -2.32. The summed E-state index contributed by atoms with van der Waals surface area (Å²) in [7, 11) is -1.78. The first-order valence-corrected chi connectivity index (χ1v) is 9.89. The van der Waals surface area contributed by atoms with Gasteiger partial charge in [0.15, 0.2) is 11.5 Å². The van der Waals surface area contributed by atoms with Gasteiger partial charge in [0, 0.05) is 5.56 Å². The molecule has 152 valence electrons. The van der Waals surface area contributed by atoms with Crippen molar-refractivity contribution < 1.29 is 27.1 Å². The standard InChI is InChI=1S/C17H16F2N5O4P/c18-17(19)5-13(24-9-23-14-15(20)21-8-22-16(14)24)27-12(17)7-26-29-25-6-10-3-1-2-4-11(10)28-29/h1-4,8-9,12-13H,5-7H2,(H2,20,21,22). The highest BCUT2D eigenvalue weighted by Gasteiger charge is 2.51. The number of anilines is 1. The molecule has 2 aliphatic heterocycles. The van der Waals surface area contributed by atoms with Crippen molar-refractivity contribution in [2.45, 2.75) is 31.3 Å². The van der Waals surface area contributed by atoms with Gasteiger partial charge >= 0.3 is 8.60 Å². The number of hydrogen-bond acceptors (Lipinski definition) is 8. The van der Waals surface area contributed by atoms with Crippen molar-refractivity contribution in [1.29, 1.82) is 0 Å².